The standard InChI is InChI=1S/C19H23N3O3S/c1-3-4-5-10-8-14-15(17(20)23)18(22-19(21)24)26-16(14)12-7-6-11(25-2)9-13(10)12/h6-7,9-10H,3-5,8H2,1-2H3,(H2,20,23)(H3,21,22,24). The predicted octanol–water partition coefficient (Wildman–Crippen LogP) is 3.84. The molecule has 1 aliphatic carbocycles. The fourth-order valence-corrected chi connectivity index (χ4v) is 4.90. The van der Waals surface area contributed by atoms with Crippen LogP contribution in [0.25, 0.3) is 10.4 Å². The number of nitrogens with one attached hydrogen (secondary N) is 1. The molecule has 3 rings (SSSR count). The maximum absolute atomic E-state index is 12.1. The van der Waals surface area contributed by atoms with Crippen LogP contribution in [0.1, 0.15) is 53.6 Å². The second-order valence-electron chi connectivity index (χ2n) is 6.46. The maximum atomic E-state index is 12.1. The first kappa shape index (κ1) is 18.3. The largest absolute Gasteiger partial charge is 0.497 e. The Morgan fingerprint density at radius 1 is 1.35 bits per heavy atom. The molecule has 138 valence electrons. The number of methoxy groups -OCH3 is 1. The highest BCUT2D eigenvalue weighted by atomic mass is 32.1. The number of carbonyl (C=O) groups is 2. The molecule has 0 saturated carbocycles. The number of primary amides is 2. The molecule has 0 fully saturated rings. The lowest BCUT2D eigenvalue weighted by Crippen LogP contribution is -2.22. The predicted molar refractivity (Wildman–Crippen MR) is 104 cm³/mol. The molecule has 1 aliphatic rings. The van der Waals surface area contributed by atoms with Crippen LogP contribution in [0.5, 0.6) is 5.75 Å². The number of anilines is 1. The van der Waals surface area contributed by atoms with Gasteiger partial charge in [0.1, 0.15) is 10.8 Å². The van der Waals surface area contributed by atoms with Gasteiger partial charge in [-0.1, -0.05) is 19.8 Å². The second-order valence-corrected chi connectivity index (χ2v) is 7.48. The van der Waals surface area contributed by atoms with E-state index in [4.69, 9.17) is 16.2 Å². The Kier molecular flexibility index (Phi) is 5.18. The Hall–Kier alpha value is -2.54. The summed E-state index contributed by atoms with van der Waals surface area (Å²) in [5.74, 6) is 0.551. The summed E-state index contributed by atoms with van der Waals surface area (Å²) in [6.07, 6.45) is 3.93. The van der Waals surface area contributed by atoms with Crippen molar-refractivity contribution in [3.05, 3.63) is 34.9 Å². The van der Waals surface area contributed by atoms with Crippen molar-refractivity contribution < 1.29 is 14.3 Å². The average Bonchev–Trinajstić information content (AvgIpc) is 2.96. The van der Waals surface area contributed by atoms with Crippen molar-refractivity contribution in [2.45, 2.75) is 38.5 Å². The van der Waals surface area contributed by atoms with Gasteiger partial charge in [0.25, 0.3) is 5.91 Å². The molecule has 0 spiro atoms. The molecule has 1 aromatic heterocycles. The van der Waals surface area contributed by atoms with E-state index in [2.05, 4.69) is 18.3 Å². The molecule has 0 saturated heterocycles. The van der Waals surface area contributed by atoms with Gasteiger partial charge in [0.2, 0.25) is 0 Å². The van der Waals surface area contributed by atoms with Gasteiger partial charge in [-0.25, -0.2) is 4.79 Å². The molecular formula is C19H23N3O3S. The minimum Gasteiger partial charge on any atom is -0.497 e. The van der Waals surface area contributed by atoms with E-state index in [9.17, 15) is 9.59 Å². The summed E-state index contributed by atoms with van der Waals surface area (Å²) in [6.45, 7) is 2.16. The lowest BCUT2D eigenvalue weighted by molar-refractivity contribution is 0.100. The SMILES string of the molecule is CCCCC1Cc2c(sc(NC(N)=O)c2C(N)=O)-c2ccc(OC)cc21. The van der Waals surface area contributed by atoms with Gasteiger partial charge < -0.3 is 16.2 Å². The van der Waals surface area contributed by atoms with Crippen LogP contribution < -0.4 is 21.5 Å². The first-order chi connectivity index (χ1) is 12.5. The van der Waals surface area contributed by atoms with Crippen molar-refractivity contribution in [3.63, 3.8) is 0 Å². The van der Waals surface area contributed by atoms with Crippen LogP contribution in [0.4, 0.5) is 9.80 Å². The molecule has 1 heterocycles. The molecule has 1 aromatic carbocycles. The van der Waals surface area contributed by atoms with Crippen molar-refractivity contribution in [3.8, 4) is 16.2 Å². The Labute approximate surface area is 156 Å². The van der Waals surface area contributed by atoms with Gasteiger partial charge in [-0.05, 0) is 53.6 Å². The number of fused-ring (bicyclic) bond motifs is 3. The lowest BCUT2D eigenvalue weighted by Gasteiger charge is -2.26. The third-order valence-corrected chi connectivity index (χ3v) is 5.97. The third-order valence-electron chi connectivity index (χ3n) is 4.79. The van der Waals surface area contributed by atoms with Crippen molar-refractivity contribution in [1.82, 2.24) is 0 Å². The zero-order valence-electron chi connectivity index (χ0n) is 14.9. The first-order valence-electron chi connectivity index (χ1n) is 8.66. The molecule has 6 nitrogen and oxygen atoms in total. The van der Waals surface area contributed by atoms with Gasteiger partial charge in [0.15, 0.2) is 0 Å². The number of thiophene rings is 1. The maximum Gasteiger partial charge on any atom is 0.317 e. The fourth-order valence-electron chi connectivity index (χ4n) is 3.61. The number of ether oxygens (including phenoxy) is 1. The Morgan fingerprint density at radius 2 is 2.12 bits per heavy atom. The molecule has 3 amide bonds. The summed E-state index contributed by atoms with van der Waals surface area (Å²) < 4.78 is 5.40. The van der Waals surface area contributed by atoms with E-state index in [1.165, 1.54) is 16.9 Å². The first-order valence-corrected chi connectivity index (χ1v) is 9.48. The molecule has 7 heteroatoms. The summed E-state index contributed by atoms with van der Waals surface area (Å²) in [6, 6.07) is 5.29. The number of benzene rings is 1. The highest BCUT2D eigenvalue weighted by Crippen LogP contribution is 2.50. The van der Waals surface area contributed by atoms with Crippen LogP contribution in [0.15, 0.2) is 18.2 Å². The van der Waals surface area contributed by atoms with Gasteiger partial charge in [-0.15, -0.1) is 11.3 Å². The van der Waals surface area contributed by atoms with E-state index in [1.807, 2.05) is 12.1 Å². The van der Waals surface area contributed by atoms with Gasteiger partial charge in [0, 0.05) is 4.88 Å². The fraction of sp³-hybridized carbons (Fsp3) is 0.368. The number of rotatable bonds is 6. The number of carbonyl (C=O) groups excluding carboxylic acids is 2. The molecule has 26 heavy (non-hydrogen) atoms. The molecule has 0 aliphatic heterocycles. The third kappa shape index (κ3) is 3.26. The summed E-state index contributed by atoms with van der Waals surface area (Å²) in [7, 11) is 1.66. The zero-order valence-corrected chi connectivity index (χ0v) is 15.7. The van der Waals surface area contributed by atoms with Gasteiger partial charge in [-0.2, -0.15) is 0 Å². The monoisotopic (exact) mass is 373 g/mol. The number of unbranched alkanes of at least 4 members (excludes halogenated alkanes) is 1. The van der Waals surface area contributed by atoms with Crippen molar-refractivity contribution in [2.75, 3.05) is 12.4 Å². The summed E-state index contributed by atoms with van der Waals surface area (Å²) >= 11 is 1.35. The number of hydrogen-bond donors (Lipinski definition) is 3. The number of hydrogen-bond acceptors (Lipinski definition) is 4. The van der Waals surface area contributed by atoms with Crippen molar-refractivity contribution >= 4 is 28.3 Å². The molecule has 1 unspecified atom stereocenters. The normalized spacial score (nSPS) is 15.1. The minimum absolute atomic E-state index is 0.279. The summed E-state index contributed by atoms with van der Waals surface area (Å²) in [4.78, 5) is 24.4. The summed E-state index contributed by atoms with van der Waals surface area (Å²) in [5, 5.41) is 2.98. The van der Waals surface area contributed by atoms with Gasteiger partial charge >= 0.3 is 6.03 Å². The van der Waals surface area contributed by atoms with Crippen LogP contribution in [0, 0.1) is 0 Å². The highest BCUT2D eigenvalue weighted by Gasteiger charge is 2.32. The van der Waals surface area contributed by atoms with Crippen LogP contribution in [-0.2, 0) is 6.42 Å². The van der Waals surface area contributed by atoms with Crippen LogP contribution in [0.3, 0.4) is 0 Å². The minimum atomic E-state index is -0.705. The van der Waals surface area contributed by atoms with E-state index in [0.29, 0.717) is 17.0 Å². The molecule has 0 radical (unpaired) electrons. The van der Waals surface area contributed by atoms with Gasteiger partial charge in [0.05, 0.1) is 12.7 Å². The second kappa shape index (κ2) is 7.37. The lowest BCUT2D eigenvalue weighted by atomic mass is 9.78. The zero-order chi connectivity index (χ0) is 18.8. The van der Waals surface area contributed by atoms with E-state index >= 15 is 0 Å². The number of amides is 3. The van der Waals surface area contributed by atoms with Gasteiger partial charge in [-0.3, -0.25) is 10.1 Å². The molecule has 0 bridgehead atoms. The molecule has 5 N–H and O–H groups in total. The quantitative estimate of drug-likeness (QED) is 0.716. The Morgan fingerprint density at radius 3 is 2.73 bits per heavy atom. The van der Waals surface area contributed by atoms with E-state index in [-0.39, 0.29) is 5.92 Å². The van der Waals surface area contributed by atoms with E-state index in [0.717, 1.165) is 41.0 Å². The average molecular weight is 373 g/mol. The Bertz CT molecular complexity index is 860. The van der Waals surface area contributed by atoms with Crippen LogP contribution in [-0.4, -0.2) is 19.0 Å². The van der Waals surface area contributed by atoms with E-state index < -0.39 is 11.9 Å². The molecule has 1 atom stereocenters. The van der Waals surface area contributed by atoms with E-state index in [1.54, 1.807) is 7.11 Å². The molecule has 2 aromatic rings. The highest BCUT2D eigenvalue weighted by molar-refractivity contribution is 7.20. The van der Waals surface area contributed by atoms with Crippen LogP contribution >= 0.6 is 11.3 Å². The number of nitrogens with two attached hydrogens (primary N) is 2. The van der Waals surface area contributed by atoms with Crippen molar-refractivity contribution in [2.24, 2.45) is 11.5 Å². The van der Waals surface area contributed by atoms with Crippen LogP contribution in [0.2, 0.25) is 0 Å². The topological polar surface area (TPSA) is 107 Å². The Balaban J connectivity index is 2.17. The number of urea groups is 1. The molecular weight excluding hydrogens is 350 g/mol. The summed E-state index contributed by atoms with van der Waals surface area (Å²) in [5.41, 5.74) is 14.5. The smallest absolute Gasteiger partial charge is 0.317 e. The van der Waals surface area contributed by atoms with Crippen molar-refractivity contribution in [1.29, 1.82) is 0 Å².